The average Bonchev–Trinajstić information content (AvgIpc) is 3.71. The van der Waals surface area contributed by atoms with Gasteiger partial charge in [-0.3, -0.25) is 23.9 Å². The number of halogens is 2. The molecule has 0 aliphatic carbocycles. The number of likely N-dealkylation sites (tertiary alicyclic amines) is 1. The number of hydrogen-bond acceptors (Lipinski definition) is 5. The average molecular weight is 652 g/mol. The molecule has 0 radical (unpaired) electrons. The van der Waals surface area contributed by atoms with Crippen LogP contribution in [0.25, 0.3) is 10.9 Å². The number of hydrogen-bond donors (Lipinski definition) is 4. The smallest absolute Gasteiger partial charge is 0.351 e. The molecule has 0 spiro atoms. The van der Waals surface area contributed by atoms with E-state index in [0.717, 1.165) is 29.7 Å². The first-order valence-corrected chi connectivity index (χ1v) is 16.5. The molecule has 1 fully saturated rings. The van der Waals surface area contributed by atoms with Gasteiger partial charge in [-0.2, -0.15) is 8.78 Å². The summed E-state index contributed by atoms with van der Waals surface area (Å²) in [7, 11) is -5.79. The zero-order chi connectivity index (χ0) is 32.6. The molecule has 2 aromatic carbocycles. The van der Waals surface area contributed by atoms with Crippen LogP contribution >= 0.6 is 7.60 Å². The Labute approximate surface area is 262 Å². The zero-order valence-electron chi connectivity index (χ0n) is 24.6. The molecule has 11 nitrogen and oxygen atoms in total. The van der Waals surface area contributed by atoms with Crippen LogP contribution in [0.1, 0.15) is 45.6 Å². The predicted molar refractivity (Wildman–Crippen MR) is 164 cm³/mol. The minimum Gasteiger partial charge on any atom is -0.351 e. The Morgan fingerprint density at radius 3 is 2.52 bits per heavy atom. The van der Waals surface area contributed by atoms with Gasteiger partial charge in [-0.1, -0.05) is 30.3 Å². The van der Waals surface area contributed by atoms with Gasteiger partial charge in [-0.05, 0) is 66.3 Å². The first-order valence-electron chi connectivity index (χ1n) is 14.8. The number of carbonyl (C=O) groups excluding carboxylic acids is 3. The number of alkyl halides is 2. The second-order valence-corrected chi connectivity index (χ2v) is 13.3. The maximum Gasteiger partial charge on any atom is 0.399 e. The summed E-state index contributed by atoms with van der Waals surface area (Å²) >= 11 is 0. The molecule has 4 N–H and O–H groups in total. The zero-order valence-corrected chi connectivity index (χ0v) is 25.5. The lowest BCUT2D eigenvalue weighted by Crippen LogP contribution is -2.55. The Balaban J connectivity index is 1.23. The fraction of sp³-hybridized carbons (Fsp3) is 0.312. The molecule has 2 atom stereocenters. The van der Waals surface area contributed by atoms with Crippen LogP contribution < -0.4 is 5.32 Å². The highest BCUT2D eigenvalue weighted by Crippen LogP contribution is 2.59. The Bertz CT molecular complexity index is 1850. The lowest BCUT2D eigenvalue weighted by atomic mass is 9.99. The van der Waals surface area contributed by atoms with E-state index in [9.17, 15) is 27.7 Å². The molecule has 3 amide bonds. The molecule has 240 valence electrons. The summed E-state index contributed by atoms with van der Waals surface area (Å²) in [6.45, 7) is 1.37. The predicted octanol–water partition coefficient (Wildman–Crippen LogP) is 3.71. The molecule has 2 aliphatic heterocycles. The van der Waals surface area contributed by atoms with E-state index in [1.54, 1.807) is 29.4 Å². The van der Waals surface area contributed by atoms with Crippen molar-refractivity contribution in [2.24, 2.45) is 0 Å². The Morgan fingerprint density at radius 2 is 1.78 bits per heavy atom. The van der Waals surface area contributed by atoms with Crippen LogP contribution in [-0.4, -0.2) is 72.4 Å². The van der Waals surface area contributed by atoms with Gasteiger partial charge in [0, 0.05) is 54.9 Å². The fourth-order valence-electron chi connectivity index (χ4n) is 6.18. The molecular weight excluding hydrogens is 619 g/mol. The molecule has 2 aromatic heterocycles. The van der Waals surface area contributed by atoms with Crippen LogP contribution in [0.15, 0.2) is 73.1 Å². The molecule has 0 bridgehead atoms. The van der Waals surface area contributed by atoms with Crippen LogP contribution in [0.4, 0.5) is 8.78 Å². The van der Waals surface area contributed by atoms with Crippen LogP contribution in [0, 0.1) is 0 Å². The summed E-state index contributed by atoms with van der Waals surface area (Å²) in [5, 5.41) is 2.89. The minimum absolute atomic E-state index is 0.0415. The van der Waals surface area contributed by atoms with E-state index in [2.05, 4.69) is 21.4 Å². The van der Waals surface area contributed by atoms with Gasteiger partial charge in [0.05, 0.1) is 0 Å². The number of amides is 3. The van der Waals surface area contributed by atoms with Gasteiger partial charge < -0.3 is 29.9 Å². The van der Waals surface area contributed by atoms with Gasteiger partial charge in [-0.25, -0.2) is 0 Å². The highest BCUT2D eigenvalue weighted by atomic mass is 31.2. The van der Waals surface area contributed by atoms with Crippen molar-refractivity contribution < 1.29 is 37.5 Å². The van der Waals surface area contributed by atoms with E-state index >= 15 is 0 Å². The van der Waals surface area contributed by atoms with Crippen LogP contribution in [-0.2, 0) is 39.2 Å². The van der Waals surface area contributed by atoms with Crippen LogP contribution in [0.5, 0.6) is 0 Å². The van der Waals surface area contributed by atoms with Crippen molar-refractivity contribution >= 4 is 36.2 Å². The number of carbonyl (C=O) groups is 3. The number of aromatic nitrogens is 2. The van der Waals surface area contributed by atoms with Crippen molar-refractivity contribution in [1.82, 2.24) is 25.1 Å². The second kappa shape index (κ2) is 12.4. The number of nitrogens with zero attached hydrogens (tertiary/aromatic N) is 3. The SMILES string of the molecule is O=C(N[C@@H](Cc1ccncc1)C(=O)N1CCC[C@H]1C(=O)N1CCc2ccccc2C1)c1cc2cc(C(F)(F)P(=O)(O)O)ccc2[nH]1. The summed E-state index contributed by atoms with van der Waals surface area (Å²) < 4.78 is 40.0. The van der Waals surface area contributed by atoms with Gasteiger partial charge >= 0.3 is 13.3 Å². The van der Waals surface area contributed by atoms with E-state index in [1.165, 1.54) is 22.6 Å². The van der Waals surface area contributed by atoms with Crippen molar-refractivity contribution in [1.29, 1.82) is 0 Å². The maximum atomic E-state index is 14.3. The first kappa shape index (κ1) is 31.5. The highest BCUT2D eigenvalue weighted by Gasteiger charge is 2.50. The molecule has 1 saturated heterocycles. The number of benzene rings is 2. The molecule has 4 heterocycles. The quantitative estimate of drug-likeness (QED) is 0.212. The molecule has 46 heavy (non-hydrogen) atoms. The summed E-state index contributed by atoms with van der Waals surface area (Å²) in [5.41, 5.74) is -2.06. The monoisotopic (exact) mass is 651 g/mol. The third-order valence-corrected chi connectivity index (χ3v) is 9.62. The number of H-pyrrole nitrogens is 1. The lowest BCUT2D eigenvalue weighted by molar-refractivity contribution is -0.145. The van der Waals surface area contributed by atoms with E-state index in [0.29, 0.717) is 32.5 Å². The Morgan fingerprint density at radius 1 is 1.04 bits per heavy atom. The largest absolute Gasteiger partial charge is 0.399 e. The number of rotatable bonds is 8. The topological polar surface area (TPSA) is 156 Å². The standard InChI is InChI=1S/C32H32F2N5O6P/c33-32(34,46(43,44)45)24-7-8-25-23(17-24)18-26(36-25)29(40)37-27(16-20-9-12-35-13-10-20)30(41)39-14-3-6-28(39)31(42)38-15-11-21-4-1-2-5-22(21)19-38/h1-2,4-5,7-10,12-13,17-18,27-28,36H,3,6,11,14-16,19H2,(H,37,40)(H2,43,44,45)/t27-,28-/m0/s1. The van der Waals surface area contributed by atoms with E-state index in [-0.39, 0.29) is 28.9 Å². The van der Waals surface area contributed by atoms with E-state index < -0.39 is 42.7 Å². The van der Waals surface area contributed by atoms with Crippen molar-refractivity contribution in [2.45, 2.75) is 50.0 Å². The number of fused-ring (bicyclic) bond motifs is 2. The summed E-state index contributed by atoms with van der Waals surface area (Å²) in [6.07, 6.45) is 5.11. The van der Waals surface area contributed by atoms with Crippen molar-refractivity contribution in [2.75, 3.05) is 13.1 Å². The molecule has 0 unspecified atom stereocenters. The molecule has 4 aromatic rings. The molecule has 14 heteroatoms. The van der Waals surface area contributed by atoms with Gasteiger partial charge in [0.25, 0.3) is 5.91 Å². The summed E-state index contributed by atoms with van der Waals surface area (Å²) in [5.74, 6) is -1.24. The molecule has 6 rings (SSSR count). The molecule has 0 saturated carbocycles. The normalized spacial score (nSPS) is 17.5. The Kier molecular flexibility index (Phi) is 8.49. The van der Waals surface area contributed by atoms with Crippen molar-refractivity contribution in [3.05, 3.63) is 101 Å². The number of nitrogens with one attached hydrogen (secondary N) is 2. The minimum atomic E-state index is -5.79. The Hall–Kier alpha value is -4.45. The van der Waals surface area contributed by atoms with Gasteiger partial charge in [0.1, 0.15) is 17.8 Å². The molecular formula is C32H32F2N5O6P. The summed E-state index contributed by atoms with van der Waals surface area (Å²) in [6, 6.07) is 13.9. The number of aromatic amines is 1. The van der Waals surface area contributed by atoms with E-state index in [4.69, 9.17) is 9.79 Å². The van der Waals surface area contributed by atoms with Crippen molar-refractivity contribution in [3.63, 3.8) is 0 Å². The van der Waals surface area contributed by atoms with Gasteiger partial charge in [0.2, 0.25) is 11.8 Å². The van der Waals surface area contributed by atoms with Gasteiger partial charge in [-0.15, -0.1) is 0 Å². The van der Waals surface area contributed by atoms with E-state index in [1.807, 2.05) is 18.2 Å². The van der Waals surface area contributed by atoms with Crippen molar-refractivity contribution in [3.8, 4) is 0 Å². The highest BCUT2D eigenvalue weighted by molar-refractivity contribution is 7.52. The number of pyridine rings is 1. The second-order valence-electron chi connectivity index (χ2n) is 11.6. The summed E-state index contributed by atoms with van der Waals surface area (Å²) in [4.78, 5) is 69.7. The lowest BCUT2D eigenvalue weighted by Gasteiger charge is -2.35. The third-order valence-electron chi connectivity index (χ3n) is 8.63. The van der Waals surface area contributed by atoms with Gasteiger partial charge in [0.15, 0.2) is 0 Å². The third kappa shape index (κ3) is 6.18. The van der Waals surface area contributed by atoms with Crippen LogP contribution in [0.2, 0.25) is 0 Å². The maximum absolute atomic E-state index is 14.3. The first-order chi connectivity index (χ1) is 21.9. The fourth-order valence-corrected chi connectivity index (χ4v) is 6.66. The van der Waals surface area contributed by atoms with Crippen LogP contribution in [0.3, 0.4) is 0 Å². The molecule has 2 aliphatic rings.